The lowest BCUT2D eigenvalue weighted by Gasteiger charge is -2.36. The number of nitrogens with one attached hydrogen (secondary N) is 1. The van der Waals surface area contributed by atoms with E-state index in [0.717, 1.165) is 34.0 Å². The van der Waals surface area contributed by atoms with Crippen LogP contribution in [0.15, 0.2) is 22.9 Å². The molecule has 7 heteroatoms. The van der Waals surface area contributed by atoms with Gasteiger partial charge in [0.1, 0.15) is 11.2 Å². The molecule has 0 spiro atoms. The van der Waals surface area contributed by atoms with Crippen LogP contribution in [0.2, 0.25) is 0 Å². The first-order chi connectivity index (χ1) is 13.0. The van der Waals surface area contributed by atoms with E-state index in [-0.39, 0.29) is 5.91 Å². The Morgan fingerprint density at radius 3 is 2.74 bits per heavy atom. The highest BCUT2D eigenvalue weighted by Crippen LogP contribution is 2.34. The van der Waals surface area contributed by atoms with Crippen LogP contribution in [-0.2, 0) is 16.1 Å². The van der Waals surface area contributed by atoms with Gasteiger partial charge in [-0.2, -0.15) is 0 Å². The Labute approximate surface area is 167 Å². The third-order valence-electron chi connectivity index (χ3n) is 5.64. The highest BCUT2D eigenvalue weighted by atomic mass is 79.9. The summed E-state index contributed by atoms with van der Waals surface area (Å²) in [6.07, 6.45) is 11.5. The van der Waals surface area contributed by atoms with E-state index in [1.165, 1.54) is 25.7 Å². The van der Waals surface area contributed by atoms with E-state index in [9.17, 15) is 9.90 Å². The van der Waals surface area contributed by atoms with Crippen molar-refractivity contribution in [2.24, 2.45) is 5.92 Å². The van der Waals surface area contributed by atoms with E-state index in [1.807, 2.05) is 16.8 Å². The molecule has 1 amide bonds. The average molecular weight is 436 g/mol. The minimum Gasteiger partial charge on any atom is -0.383 e. The molecular formula is C20H26BrN3O3. The number of rotatable bonds is 5. The molecule has 0 aromatic carbocycles. The van der Waals surface area contributed by atoms with Crippen LogP contribution >= 0.6 is 15.9 Å². The molecule has 1 saturated heterocycles. The Balaban J connectivity index is 1.54. The first-order valence-corrected chi connectivity index (χ1v) is 10.6. The SMILES string of the molecule is O=C(CC1CCCCCC1)Nc1cn(CC2(O)COC2)c2nccc(Br)c12. The van der Waals surface area contributed by atoms with Gasteiger partial charge in [-0.3, -0.25) is 4.79 Å². The standard InChI is InChI=1S/C20H26BrN3O3/c21-15-7-8-22-19-18(15)16(10-24(19)11-20(26)12-27-13-20)23-17(25)9-14-5-3-1-2-4-6-14/h7-8,10,14,26H,1-6,9,11-13H2,(H,23,25). The van der Waals surface area contributed by atoms with Crippen LogP contribution in [0, 0.1) is 5.92 Å². The number of amides is 1. The van der Waals surface area contributed by atoms with Gasteiger partial charge in [0.25, 0.3) is 0 Å². The highest BCUT2D eigenvalue weighted by molar-refractivity contribution is 9.10. The lowest BCUT2D eigenvalue weighted by Crippen LogP contribution is -2.52. The van der Waals surface area contributed by atoms with Crippen molar-refractivity contribution in [3.8, 4) is 0 Å². The molecule has 0 unspecified atom stereocenters. The van der Waals surface area contributed by atoms with Gasteiger partial charge in [0.15, 0.2) is 0 Å². The molecular weight excluding hydrogens is 410 g/mol. The summed E-state index contributed by atoms with van der Waals surface area (Å²) in [6, 6.07) is 1.87. The fourth-order valence-electron chi connectivity index (χ4n) is 4.17. The van der Waals surface area contributed by atoms with Crippen LogP contribution in [0.4, 0.5) is 5.69 Å². The van der Waals surface area contributed by atoms with E-state index < -0.39 is 5.60 Å². The summed E-state index contributed by atoms with van der Waals surface area (Å²) in [5.41, 5.74) is 0.624. The number of pyridine rings is 1. The maximum absolute atomic E-state index is 12.7. The molecule has 2 aromatic rings. The summed E-state index contributed by atoms with van der Waals surface area (Å²) in [4.78, 5) is 17.2. The smallest absolute Gasteiger partial charge is 0.224 e. The Bertz CT molecular complexity index is 823. The summed E-state index contributed by atoms with van der Waals surface area (Å²) in [7, 11) is 0. The zero-order valence-electron chi connectivity index (χ0n) is 15.4. The monoisotopic (exact) mass is 435 g/mol. The van der Waals surface area contributed by atoms with Crippen LogP contribution in [0.1, 0.15) is 44.9 Å². The second kappa shape index (κ2) is 7.89. The molecule has 2 aliphatic rings. The number of hydrogen-bond acceptors (Lipinski definition) is 4. The topological polar surface area (TPSA) is 76.4 Å². The summed E-state index contributed by atoms with van der Waals surface area (Å²) >= 11 is 3.58. The molecule has 1 saturated carbocycles. The van der Waals surface area contributed by atoms with Gasteiger partial charge >= 0.3 is 0 Å². The van der Waals surface area contributed by atoms with E-state index in [4.69, 9.17) is 4.74 Å². The molecule has 0 radical (unpaired) electrons. The second-order valence-corrected chi connectivity index (χ2v) is 8.84. The first-order valence-electron chi connectivity index (χ1n) is 9.77. The molecule has 2 aromatic heterocycles. The zero-order valence-corrected chi connectivity index (χ0v) is 17.0. The van der Waals surface area contributed by atoms with E-state index in [1.54, 1.807) is 6.20 Å². The Morgan fingerprint density at radius 1 is 1.33 bits per heavy atom. The van der Waals surface area contributed by atoms with Crippen molar-refractivity contribution in [3.63, 3.8) is 0 Å². The van der Waals surface area contributed by atoms with Crippen LogP contribution in [0.5, 0.6) is 0 Å². The number of hydrogen-bond donors (Lipinski definition) is 2. The minimum atomic E-state index is -0.864. The van der Waals surface area contributed by atoms with Gasteiger partial charge in [-0.1, -0.05) is 25.7 Å². The number of carbonyl (C=O) groups is 1. The van der Waals surface area contributed by atoms with Gasteiger partial charge in [-0.25, -0.2) is 4.98 Å². The van der Waals surface area contributed by atoms with E-state index in [0.29, 0.717) is 32.1 Å². The van der Waals surface area contributed by atoms with Crippen molar-refractivity contribution in [1.82, 2.24) is 9.55 Å². The number of fused-ring (bicyclic) bond motifs is 1. The van der Waals surface area contributed by atoms with Gasteiger partial charge < -0.3 is 19.7 Å². The van der Waals surface area contributed by atoms with Gasteiger partial charge in [0, 0.05) is 23.3 Å². The van der Waals surface area contributed by atoms with Crippen LogP contribution in [0.25, 0.3) is 11.0 Å². The van der Waals surface area contributed by atoms with Crippen molar-refractivity contribution in [1.29, 1.82) is 0 Å². The number of anilines is 1. The number of carbonyl (C=O) groups excluding carboxylic acids is 1. The average Bonchev–Trinajstić information content (AvgIpc) is 2.78. The molecule has 2 N–H and O–H groups in total. The third-order valence-corrected chi connectivity index (χ3v) is 6.30. The fraction of sp³-hybridized carbons (Fsp3) is 0.600. The predicted molar refractivity (Wildman–Crippen MR) is 108 cm³/mol. The zero-order chi connectivity index (χ0) is 18.9. The maximum atomic E-state index is 12.7. The molecule has 1 aliphatic carbocycles. The lowest BCUT2D eigenvalue weighted by molar-refractivity contribution is -0.184. The van der Waals surface area contributed by atoms with Crippen molar-refractivity contribution in [3.05, 3.63) is 22.9 Å². The third kappa shape index (κ3) is 4.20. The highest BCUT2D eigenvalue weighted by Gasteiger charge is 2.37. The number of nitrogens with zero attached hydrogens (tertiary/aromatic N) is 2. The van der Waals surface area contributed by atoms with Crippen LogP contribution in [0.3, 0.4) is 0 Å². The summed E-state index contributed by atoms with van der Waals surface area (Å²) in [6.45, 7) is 1.04. The number of ether oxygens (including phenoxy) is 1. The Hall–Kier alpha value is -1.44. The molecule has 4 rings (SSSR count). The quantitative estimate of drug-likeness (QED) is 0.698. The normalized spacial score (nSPS) is 20.2. The number of halogens is 1. The Kier molecular flexibility index (Phi) is 5.53. The van der Waals surface area contributed by atoms with E-state index >= 15 is 0 Å². The van der Waals surface area contributed by atoms with Gasteiger partial charge in [0.05, 0.1) is 30.8 Å². The molecule has 0 atom stereocenters. The maximum Gasteiger partial charge on any atom is 0.224 e. The van der Waals surface area contributed by atoms with Crippen molar-refractivity contribution in [2.75, 3.05) is 18.5 Å². The van der Waals surface area contributed by atoms with Crippen molar-refractivity contribution in [2.45, 2.75) is 57.1 Å². The summed E-state index contributed by atoms with van der Waals surface area (Å²) in [5.74, 6) is 0.539. The molecule has 6 nitrogen and oxygen atoms in total. The van der Waals surface area contributed by atoms with Gasteiger partial charge in [0.2, 0.25) is 5.91 Å². The summed E-state index contributed by atoms with van der Waals surface area (Å²) < 4.78 is 7.94. The largest absolute Gasteiger partial charge is 0.383 e. The van der Waals surface area contributed by atoms with Gasteiger partial charge in [-0.15, -0.1) is 0 Å². The summed E-state index contributed by atoms with van der Waals surface area (Å²) in [5, 5.41) is 14.4. The van der Waals surface area contributed by atoms with Crippen LogP contribution in [-0.4, -0.2) is 39.4 Å². The van der Waals surface area contributed by atoms with Crippen molar-refractivity contribution < 1.29 is 14.6 Å². The minimum absolute atomic E-state index is 0.0578. The molecule has 3 heterocycles. The second-order valence-electron chi connectivity index (χ2n) is 7.99. The molecule has 146 valence electrons. The van der Waals surface area contributed by atoms with E-state index in [2.05, 4.69) is 26.2 Å². The predicted octanol–water partition coefficient (Wildman–Crippen LogP) is 3.86. The molecule has 2 fully saturated rings. The number of aromatic nitrogens is 2. The molecule has 27 heavy (non-hydrogen) atoms. The fourth-order valence-corrected chi connectivity index (χ4v) is 4.68. The Morgan fingerprint density at radius 2 is 2.07 bits per heavy atom. The number of aliphatic hydroxyl groups is 1. The van der Waals surface area contributed by atoms with Crippen molar-refractivity contribution >= 4 is 38.6 Å². The van der Waals surface area contributed by atoms with Gasteiger partial charge in [-0.05, 0) is 40.8 Å². The lowest BCUT2D eigenvalue weighted by atomic mass is 9.96. The van der Waals surface area contributed by atoms with Crippen LogP contribution < -0.4 is 5.32 Å². The first kappa shape index (κ1) is 18.9. The molecule has 0 bridgehead atoms. The molecule has 1 aliphatic heterocycles.